The largest absolute Gasteiger partial charge is 0.343 e. The number of amides is 2. The Hall–Kier alpha value is -3.55. The Labute approximate surface area is 172 Å². The van der Waals surface area contributed by atoms with Crippen molar-refractivity contribution in [3.8, 4) is 0 Å². The Kier molecular flexibility index (Phi) is 5.56. The van der Waals surface area contributed by atoms with Crippen LogP contribution in [0.5, 0.6) is 0 Å². The first-order valence-electron chi connectivity index (χ1n) is 9.72. The Bertz CT molecular complexity index is 1040. The second kappa shape index (κ2) is 8.44. The maximum Gasteiger partial charge on any atom is 0.251 e. The standard InChI is InChI=1S/C22H21FN4O3/c1-14(15-7-9-18(23)10-8-15)27-13-17(11-20(27)28)21-25-19(30-26-21)12-24-22(29)16-5-3-2-4-6-16/h2-10,14,17H,11-13H2,1H3,(H,24,29). The van der Waals surface area contributed by atoms with E-state index in [0.29, 0.717) is 17.9 Å². The summed E-state index contributed by atoms with van der Waals surface area (Å²) in [7, 11) is 0. The number of hydrogen-bond acceptors (Lipinski definition) is 5. The fourth-order valence-corrected chi connectivity index (χ4v) is 3.55. The lowest BCUT2D eigenvalue weighted by Crippen LogP contribution is -2.28. The van der Waals surface area contributed by atoms with E-state index in [0.717, 1.165) is 5.56 Å². The molecule has 4 rings (SSSR count). The lowest BCUT2D eigenvalue weighted by atomic mass is 10.1. The van der Waals surface area contributed by atoms with Gasteiger partial charge >= 0.3 is 0 Å². The molecule has 154 valence electrons. The molecule has 1 N–H and O–H groups in total. The number of aromatic nitrogens is 2. The molecule has 3 aromatic rings. The second-order valence-corrected chi connectivity index (χ2v) is 7.27. The maximum atomic E-state index is 13.2. The Morgan fingerprint density at radius 3 is 2.70 bits per heavy atom. The van der Waals surface area contributed by atoms with Crippen LogP contribution in [-0.4, -0.2) is 33.4 Å². The van der Waals surface area contributed by atoms with Crippen molar-refractivity contribution in [1.29, 1.82) is 0 Å². The summed E-state index contributed by atoms with van der Waals surface area (Å²) in [6.07, 6.45) is 0.279. The Balaban J connectivity index is 1.37. The molecule has 2 unspecified atom stereocenters. The lowest BCUT2D eigenvalue weighted by molar-refractivity contribution is -0.129. The van der Waals surface area contributed by atoms with Crippen LogP contribution in [0.4, 0.5) is 4.39 Å². The molecule has 8 heteroatoms. The van der Waals surface area contributed by atoms with Crippen molar-refractivity contribution in [2.45, 2.75) is 31.8 Å². The summed E-state index contributed by atoms with van der Waals surface area (Å²) >= 11 is 0. The zero-order chi connectivity index (χ0) is 21.1. The van der Waals surface area contributed by atoms with Crippen LogP contribution in [-0.2, 0) is 11.3 Å². The van der Waals surface area contributed by atoms with Crippen LogP contribution in [0.2, 0.25) is 0 Å². The summed E-state index contributed by atoms with van der Waals surface area (Å²) < 4.78 is 18.4. The molecular weight excluding hydrogens is 387 g/mol. The fourth-order valence-electron chi connectivity index (χ4n) is 3.55. The van der Waals surface area contributed by atoms with Gasteiger partial charge in [0.1, 0.15) is 5.82 Å². The number of carbonyl (C=O) groups is 2. The van der Waals surface area contributed by atoms with Gasteiger partial charge in [-0.25, -0.2) is 4.39 Å². The van der Waals surface area contributed by atoms with Gasteiger partial charge in [0.05, 0.1) is 12.6 Å². The molecule has 1 saturated heterocycles. The van der Waals surface area contributed by atoms with Gasteiger partial charge in [0.2, 0.25) is 11.8 Å². The molecule has 2 amide bonds. The van der Waals surface area contributed by atoms with Crippen molar-refractivity contribution >= 4 is 11.8 Å². The first-order valence-corrected chi connectivity index (χ1v) is 9.72. The van der Waals surface area contributed by atoms with Gasteiger partial charge in [-0.1, -0.05) is 35.5 Å². The molecule has 0 radical (unpaired) electrons. The highest BCUT2D eigenvalue weighted by molar-refractivity contribution is 5.93. The highest BCUT2D eigenvalue weighted by atomic mass is 19.1. The summed E-state index contributed by atoms with van der Waals surface area (Å²) in [6, 6.07) is 14.8. The summed E-state index contributed by atoms with van der Waals surface area (Å²) in [5.74, 6) is -0.0166. The number of halogens is 1. The number of carbonyl (C=O) groups excluding carboxylic acids is 2. The molecule has 1 fully saturated rings. The van der Waals surface area contributed by atoms with Crippen molar-refractivity contribution in [3.05, 3.63) is 83.3 Å². The first-order chi connectivity index (χ1) is 14.5. The van der Waals surface area contributed by atoms with Crippen LogP contribution in [0.25, 0.3) is 0 Å². The average Bonchev–Trinajstić information content (AvgIpc) is 3.39. The summed E-state index contributed by atoms with van der Waals surface area (Å²) in [4.78, 5) is 30.7. The molecule has 0 saturated carbocycles. The van der Waals surface area contributed by atoms with Crippen LogP contribution in [0.1, 0.15) is 52.9 Å². The molecule has 0 bridgehead atoms. The summed E-state index contributed by atoms with van der Waals surface area (Å²) in [6.45, 7) is 2.47. The van der Waals surface area contributed by atoms with Gasteiger partial charge in [-0.15, -0.1) is 0 Å². The van der Waals surface area contributed by atoms with Crippen LogP contribution in [0, 0.1) is 5.82 Å². The van der Waals surface area contributed by atoms with Crippen molar-refractivity contribution in [2.24, 2.45) is 0 Å². The lowest BCUT2D eigenvalue weighted by Gasteiger charge is -2.25. The number of benzene rings is 2. The first kappa shape index (κ1) is 19.8. The molecular formula is C22H21FN4O3. The normalized spacial score (nSPS) is 17.2. The average molecular weight is 408 g/mol. The van der Waals surface area contributed by atoms with Gasteiger partial charge in [0.25, 0.3) is 5.91 Å². The molecule has 7 nitrogen and oxygen atoms in total. The fraction of sp³-hybridized carbons (Fsp3) is 0.273. The molecule has 30 heavy (non-hydrogen) atoms. The van der Waals surface area contributed by atoms with Gasteiger partial charge in [-0.2, -0.15) is 4.98 Å². The second-order valence-electron chi connectivity index (χ2n) is 7.27. The molecule has 0 aliphatic carbocycles. The van der Waals surface area contributed by atoms with E-state index < -0.39 is 0 Å². The third-order valence-electron chi connectivity index (χ3n) is 5.26. The van der Waals surface area contributed by atoms with Crippen LogP contribution < -0.4 is 5.32 Å². The van der Waals surface area contributed by atoms with E-state index in [4.69, 9.17) is 4.52 Å². The van der Waals surface area contributed by atoms with E-state index in [-0.39, 0.29) is 48.4 Å². The van der Waals surface area contributed by atoms with Gasteiger partial charge in [-0.3, -0.25) is 9.59 Å². The van der Waals surface area contributed by atoms with Gasteiger partial charge in [0.15, 0.2) is 5.82 Å². The SMILES string of the molecule is CC(c1ccc(F)cc1)N1CC(c2noc(CNC(=O)c3ccccc3)n2)CC1=O. The zero-order valence-corrected chi connectivity index (χ0v) is 16.4. The topological polar surface area (TPSA) is 88.3 Å². The highest BCUT2D eigenvalue weighted by Gasteiger charge is 2.36. The van der Waals surface area contributed by atoms with Crippen molar-refractivity contribution in [3.63, 3.8) is 0 Å². The minimum Gasteiger partial charge on any atom is -0.343 e. The Morgan fingerprint density at radius 2 is 1.97 bits per heavy atom. The van der Waals surface area contributed by atoms with Gasteiger partial charge in [-0.05, 0) is 36.8 Å². The summed E-state index contributed by atoms with van der Waals surface area (Å²) in [5.41, 5.74) is 1.41. The predicted octanol–water partition coefficient (Wildman–Crippen LogP) is 3.22. The minimum atomic E-state index is -0.310. The van der Waals surface area contributed by atoms with Gasteiger partial charge in [0, 0.05) is 24.4 Å². The molecule has 1 aliphatic heterocycles. The van der Waals surface area contributed by atoms with Crippen molar-refractivity contribution in [1.82, 2.24) is 20.4 Å². The molecule has 0 spiro atoms. The minimum absolute atomic E-state index is 0.0134. The maximum absolute atomic E-state index is 13.2. The smallest absolute Gasteiger partial charge is 0.251 e. The number of hydrogen-bond donors (Lipinski definition) is 1. The monoisotopic (exact) mass is 408 g/mol. The molecule has 1 aliphatic rings. The zero-order valence-electron chi connectivity index (χ0n) is 16.4. The molecule has 2 heterocycles. The van der Waals surface area contributed by atoms with Crippen molar-refractivity contribution in [2.75, 3.05) is 6.54 Å². The predicted molar refractivity (Wildman–Crippen MR) is 106 cm³/mol. The van der Waals surface area contributed by atoms with Crippen LogP contribution in [0.3, 0.4) is 0 Å². The number of likely N-dealkylation sites (tertiary alicyclic amines) is 1. The number of nitrogens with zero attached hydrogens (tertiary/aromatic N) is 3. The number of nitrogens with one attached hydrogen (secondary N) is 1. The quantitative estimate of drug-likeness (QED) is 0.677. The molecule has 2 atom stereocenters. The Morgan fingerprint density at radius 1 is 1.23 bits per heavy atom. The number of rotatable bonds is 6. The van der Waals surface area contributed by atoms with E-state index in [2.05, 4.69) is 15.5 Å². The van der Waals surface area contributed by atoms with Crippen LogP contribution in [0.15, 0.2) is 59.1 Å². The van der Waals surface area contributed by atoms with Crippen LogP contribution >= 0.6 is 0 Å². The molecule has 2 aromatic carbocycles. The highest BCUT2D eigenvalue weighted by Crippen LogP contribution is 2.32. The van der Waals surface area contributed by atoms with Crippen molar-refractivity contribution < 1.29 is 18.5 Å². The summed E-state index contributed by atoms with van der Waals surface area (Å²) in [5, 5.41) is 6.73. The van der Waals surface area contributed by atoms with E-state index in [1.807, 2.05) is 13.0 Å². The van der Waals surface area contributed by atoms with Gasteiger partial charge < -0.3 is 14.7 Å². The third kappa shape index (κ3) is 4.22. The molecule has 1 aromatic heterocycles. The van der Waals surface area contributed by atoms with E-state index in [1.54, 1.807) is 41.3 Å². The van der Waals surface area contributed by atoms with E-state index in [9.17, 15) is 14.0 Å². The van der Waals surface area contributed by atoms with E-state index in [1.165, 1.54) is 12.1 Å². The van der Waals surface area contributed by atoms with E-state index >= 15 is 0 Å². The third-order valence-corrected chi connectivity index (χ3v) is 5.26.